The zero-order valence-corrected chi connectivity index (χ0v) is 46.8. The lowest BCUT2D eigenvalue weighted by molar-refractivity contribution is -0.193. The van der Waals surface area contributed by atoms with Crippen molar-refractivity contribution in [2.75, 3.05) is 99.1 Å². The normalized spacial score (nSPS) is 36.3. The summed E-state index contributed by atoms with van der Waals surface area (Å²) >= 11 is 0. The summed E-state index contributed by atoms with van der Waals surface area (Å²) in [6, 6.07) is 0. The van der Waals surface area contributed by atoms with E-state index >= 15 is 0 Å². The lowest BCUT2D eigenvalue weighted by atomic mass is 10.0. The highest BCUT2D eigenvalue weighted by atomic mass is 16.6. The smallest absolute Gasteiger partial charge is 0.157 e. The maximum Gasteiger partial charge on any atom is 0.157 e. The van der Waals surface area contributed by atoms with Crippen molar-refractivity contribution < 1.29 is 194 Å². The highest BCUT2D eigenvalue weighted by molar-refractivity contribution is 4.81. The Bertz CT molecular complexity index is 1170. The molecule has 0 aromatic carbocycles. The van der Waals surface area contributed by atoms with Crippen molar-refractivity contribution >= 4 is 0 Å². The molecular weight excluding hydrogens is 1170 g/mol. The van der Waals surface area contributed by atoms with Gasteiger partial charge in [0.15, 0.2) is 6.29 Å². The third-order valence-electron chi connectivity index (χ3n) is 12.5. The fourth-order valence-corrected chi connectivity index (χ4v) is 7.24. The van der Waals surface area contributed by atoms with E-state index in [4.69, 9.17) is 146 Å². The molecule has 38 N–H and O–H groups in total. The van der Waals surface area contributed by atoms with Crippen molar-refractivity contribution in [3.8, 4) is 0 Å². The number of aliphatic hydroxyl groups excluding tert-OH is 22. The number of aliphatic hydroxyl groups is 22. The van der Waals surface area contributed by atoms with Crippen molar-refractivity contribution in [1.82, 2.24) is 0 Å². The van der Waals surface area contributed by atoms with Gasteiger partial charge in [0, 0.05) is 58.2 Å². The summed E-state index contributed by atoms with van der Waals surface area (Å²) in [5.41, 5.74) is 0. The van der Waals surface area contributed by atoms with Crippen LogP contribution in [0, 0.1) is 0 Å². The van der Waals surface area contributed by atoms with Crippen LogP contribution in [0.4, 0.5) is 0 Å². The van der Waals surface area contributed by atoms with Crippen molar-refractivity contribution in [3.63, 3.8) is 0 Å². The Balaban J connectivity index is -0.000000109. The molecule has 8 heterocycles. The minimum Gasteiger partial charge on any atom is -0.412 e. The fourth-order valence-electron chi connectivity index (χ4n) is 7.24. The molecule has 0 bridgehead atoms. The number of rotatable bonds is 6. The average molecular weight is 1290 g/mol. The molecule has 8 aliphatic rings. The fraction of sp³-hybridized carbons (Fsp3) is 1.00. The van der Waals surface area contributed by atoms with Crippen molar-refractivity contribution in [2.45, 2.75) is 200 Å². The average Bonchev–Trinajstić information content (AvgIpc) is 3.41. The van der Waals surface area contributed by atoms with Crippen LogP contribution in [-0.2, 0) is 37.9 Å². The van der Waals surface area contributed by atoms with Crippen LogP contribution in [0.1, 0.15) is 65.2 Å². The predicted molar refractivity (Wildman–Crippen MR) is 291 cm³/mol. The van der Waals surface area contributed by atoms with Gasteiger partial charge in [-0.2, -0.15) is 0 Å². The molecule has 21 atom stereocenters. The zero-order valence-electron chi connectivity index (χ0n) is 46.8. The van der Waals surface area contributed by atoms with Crippen LogP contribution in [0.3, 0.4) is 0 Å². The summed E-state index contributed by atoms with van der Waals surface area (Å²) in [5.74, 6) is 0. The molecule has 0 spiro atoms. The van der Waals surface area contributed by atoms with Gasteiger partial charge in [0.1, 0.15) is 42.7 Å². The Hall–Kier alpha value is -1.52. The molecule has 8 rings (SSSR count). The van der Waals surface area contributed by atoms with Gasteiger partial charge >= 0.3 is 0 Å². The summed E-state index contributed by atoms with van der Waals surface area (Å²) in [5, 5.41) is 194. The Morgan fingerprint density at radius 3 is 0.518 bits per heavy atom. The Morgan fingerprint density at radius 2 is 0.400 bits per heavy atom. The molecular formula is C47H112O38. The van der Waals surface area contributed by atoms with Gasteiger partial charge in [0.25, 0.3) is 0 Å². The Labute approximate surface area is 492 Å². The maximum atomic E-state index is 9.04. The quantitative estimate of drug-likeness (QED) is 0.117. The largest absolute Gasteiger partial charge is 0.412 e. The lowest BCUT2D eigenvalue weighted by Crippen LogP contribution is -2.42. The van der Waals surface area contributed by atoms with Gasteiger partial charge < -0.3 is 194 Å². The molecule has 528 valence electrons. The number of hydrogen-bond acceptors (Lipinski definition) is 30. The third-order valence-corrected chi connectivity index (χ3v) is 12.5. The van der Waals surface area contributed by atoms with E-state index in [0.717, 1.165) is 26.1 Å². The lowest BCUT2D eigenvalue weighted by Gasteiger charge is -2.29. The standard InChI is InChI=1S/6C6H12O4.C5H10O4.C5H10O2.CH4.8H2O/c6*7-2-4-1-5(8)6(9)3-10-4;6-3-1-5(8)9-2-4(3)7;6-5-1-3-7-4-2-5;;;;;;;;;/h6*4-9H,1-3H2;3-8H,1-2H2;5-6H,1-4H2;1H4;8*1H2/t6*4?,5-,6?;3-,4?,5?;;;;;;;;;;/m0000000........../s1. The monoisotopic (exact) mass is 1280 g/mol. The Kier molecular flexibility index (Phi) is 70.9. The molecule has 8 aliphatic heterocycles. The molecule has 0 amide bonds. The van der Waals surface area contributed by atoms with E-state index in [1.807, 2.05) is 0 Å². The summed E-state index contributed by atoms with van der Waals surface area (Å²) in [4.78, 5) is 0. The minimum atomic E-state index is -0.914. The second-order valence-corrected chi connectivity index (χ2v) is 19.1. The summed E-state index contributed by atoms with van der Waals surface area (Å²) in [6.07, 6.45) is -10.1. The van der Waals surface area contributed by atoms with Crippen molar-refractivity contribution in [3.05, 3.63) is 0 Å². The highest BCUT2D eigenvalue weighted by Crippen LogP contribution is 2.18. The molecule has 0 aromatic heterocycles. The molecule has 38 nitrogen and oxygen atoms in total. The Morgan fingerprint density at radius 1 is 0.235 bits per heavy atom. The number of hydrogen-bond donors (Lipinski definition) is 22. The van der Waals surface area contributed by atoms with Gasteiger partial charge in [-0.1, -0.05) is 7.43 Å². The first-order valence-electron chi connectivity index (χ1n) is 25.4. The molecule has 38 heteroatoms. The van der Waals surface area contributed by atoms with Crippen molar-refractivity contribution in [2.24, 2.45) is 0 Å². The van der Waals surface area contributed by atoms with Crippen LogP contribution < -0.4 is 0 Å². The summed E-state index contributed by atoms with van der Waals surface area (Å²) in [7, 11) is 0. The first-order chi connectivity index (χ1) is 36.0. The summed E-state index contributed by atoms with van der Waals surface area (Å²) < 4.78 is 39.3. The SMILES string of the molecule is C.O.O.O.O.O.O.O.O.OC1CCOCC1.OC1C[C@H](O)C(O)CO1.OCC1C[C@H](O)C(O)CO1.OCC1C[C@H](O)C(O)CO1.OCC1C[C@H](O)C(O)CO1.OCC1C[C@H](O)C(O)CO1.OCC1C[C@H](O)C(O)CO1.OCC1C[C@H](O)C(O)CO1. The van der Waals surface area contributed by atoms with Crippen LogP contribution >= 0.6 is 0 Å². The minimum absolute atomic E-state index is 0. The molecule has 0 saturated carbocycles. The molecule has 85 heavy (non-hydrogen) atoms. The van der Waals surface area contributed by atoms with Crippen LogP contribution in [0.15, 0.2) is 0 Å². The van der Waals surface area contributed by atoms with Crippen LogP contribution in [0.5, 0.6) is 0 Å². The molecule has 8 saturated heterocycles. The second kappa shape index (κ2) is 58.8. The van der Waals surface area contributed by atoms with Gasteiger partial charge in [0.05, 0.1) is 171 Å². The van der Waals surface area contributed by atoms with Gasteiger partial charge in [-0.15, -0.1) is 0 Å². The van der Waals surface area contributed by atoms with E-state index in [1.54, 1.807) is 0 Å². The second-order valence-electron chi connectivity index (χ2n) is 19.1. The maximum absolute atomic E-state index is 9.04. The van der Waals surface area contributed by atoms with Crippen LogP contribution in [0.25, 0.3) is 0 Å². The van der Waals surface area contributed by atoms with E-state index in [2.05, 4.69) is 4.74 Å². The molecule has 0 radical (unpaired) electrons. The molecule has 0 aliphatic carbocycles. The van der Waals surface area contributed by atoms with Crippen LogP contribution in [-0.4, -0.2) is 390 Å². The third kappa shape index (κ3) is 44.6. The topological polar surface area (TPSA) is 771 Å². The van der Waals surface area contributed by atoms with Gasteiger partial charge in [-0.25, -0.2) is 0 Å². The molecule has 8 fully saturated rings. The van der Waals surface area contributed by atoms with Gasteiger partial charge in [0.2, 0.25) is 0 Å². The van der Waals surface area contributed by atoms with Gasteiger partial charge in [-0.3, -0.25) is 0 Å². The van der Waals surface area contributed by atoms with E-state index in [1.165, 1.54) is 0 Å². The molecule has 14 unspecified atom stereocenters. The summed E-state index contributed by atoms with van der Waals surface area (Å²) in [6.45, 7) is 1.63. The predicted octanol–water partition coefficient (Wildman–Crippen LogP) is -16.4. The zero-order chi connectivity index (χ0) is 57.3. The molecule has 0 aromatic rings. The van der Waals surface area contributed by atoms with E-state index in [9.17, 15) is 0 Å². The first kappa shape index (κ1) is 102. The number of ether oxygens (including phenoxy) is 8. The van der Waals surface area contributed by atoms with Gasteiger partial charge in [-0.05, 0) is 12.8 Å². The van der Waals surface area contributed by atoms with E-state index in [-0.39, 0.29) is 186 Å². The first-order valence-corrected chi connectivity index (χ1v) is 25.4. The van der Waals surface area contributed by atoms with Crippen LogP contribution in [0.2, 0.25) is 0 Å². The van der Waals surface area contributed by atoms with E-state index < -0.39 is 91.7 Å². The van der Waals surface area contributed by atoms with Crippen molar-refractivity contribution in [1.29, 1.82) is 0 Å². The van der Waals surface area contributed by atoms with E-state index in [0.29, 0.717) is 38.5 Å². The highest BCUT2D eigenvalue weighted by Gasteiger charge is 2.32.